The van der Waals surface area contributed by atoms with Crippen LogP contribution in [0, 0.1) is 4.91 Å². The van der Waals surface area contributed by atoms with Crippen molar-refractivity contribution in [1.29, 1.82) is 0 Å². The van der Waals surface area contributed by atoms with E-state index in [2.05, 4.69) is 10.4 Å². The topological polar surface area (TPSA) is 69.5 Å². The number of nitrogens with zero attached hydrogens (tertiary/aromatic N) is 2. The minimum absolute atomic E-state index is 0.380. The summed E-state index contributed by atoms with van der Waals surface area (Å²) in [6, 6.07) is 0. The first-order valence-electron chi connectivity index (χ1n) is 4.21. The fraction of sp³-hybridized carbons (Fsp3) is 0.444. The Morgan fingerprint density at radius 2 is 1.87 bits per heavy atom. The van der Waals surface area contributed by atoms with Crippen LogP contribution in [-0.4, -0.2) is 33.1 Å². The van der Waals surface area contributed by atoms with Gasteiger partial charge in [-0.05, 0) is 6.08 Å². The van der Waals surface area contributed by atoms with E-state index in [1.54, 1.807) is 12.2 Å². The Bertz CT molecular complexity index is 333. The lowest BCUT2D eigenvalue weighted by molar-refractivity contribution is 0.172. The van der Waals surface area contributed by atoms with Crippen LogP contribution in [-0.2, 0) is 14.2 Å². The summed E-state index contributed by atoms with van der Waals surface area (Å²) in [6.45, 7) is 0. The summed E-state index contributed by atoms with van der Waals surface area (Å²) in [7, 11) is 4.52. The molecule has 0 aromatic carbocycles. The van der Waals surface area contributed by atoms with Crippen LogP contribution in [0.1, 0.15) is 0 Å². The van der Waals surface area contributed by atoms with Crippen molar-refractivity contribution in [2.45, 2.75) is 6.10 Å². The normalized spacial score (nSPS) is 23.1. The average molecular weight is 212 g/mol. The van der Waals surface area contributed by atoms with Crippen molar-refractivity contribution in [3.05, 3.63) is 28.6 Å². The van der Waals surface area contributed by atoms with Gasteiger partial charge in [0.25, 0.3) is 0 Å². The zero-order valence-electron chi connectivity index (χ0n) is 8.76. The first-order valence-corrected chi connectivity index (χ1v) is 4.21. The standard InChI is InChI=1S/C9H12N2O4/c1-13-7-5-9(15-3)8(14-2)4-6(7)10-11-12/h4-5,7H,1-3H3. The van der Waals surface area contributed by atoms with Crippen LogP contribution in [0.4, 0.5) is 0 Å². The van der Waals surface area contributed by atoms with Crippen LogP contribution in [0.2, 0.25) is 0 Å². The van der Waals surface area contributed by atoms with Crippen molar-refractivity contribution >= 4 is 5.71 Å². The Morgan fingerprint density at radius 3 is 2.33 bits per heavy atom. The molecule has 0 radical (unpaired) electrons. The van der Waals surface area contributed by atoms with Crippen LogP contribution >= 0.6 is 0 Å². The van der Waals surface area contributed by atoms with E-state index < -0.39 is 6.10 Å². The largest absolute Gasteiger partial charge is 0.493 e. The van der Waals surface area contributed by atoms with E-state index >= 15 is 0 Å². The molecule has 0 bridgehead atoms. The van der Waals surface area contributed by atoms with Gasteiger partial charge in [0.15, 0.2) is 11.5 Å². The van der Waals surface area contributed by atoms with Crippen molar-refractivity contribution in [3.8, 4) is 0 Å². The fourth-order valence-corrected chi connectivity index (χ4v) is 1.24. The predicted molar refractivity (Wildman–Crippen MR) is 54.2 cm³/mol. The molecule has 15 heavy (non-hydrogen) atoms. The Morgan fingerprint density at radius 1 is 1.20 bits per heavy atom. The number of hydrogen-bond acceptors (Lipinski definition) is 5. The summed E-state index contributed by atoms with van der Waals surface area (Å²) in [5.41, 5.74) is 0.380. The molecule has 1 rings (SSSR count). The van der Waals surface area contributed by atoms with Gasteiger partial charge in [-0.15, -0.1) is 10.0 Å². The Balaban J connectivity index is 3.05. The van der Waals surface area contributed by atoms with E-state index in [4.69, 9.17) is 14.2 Å². The summed E-state index contributed by atoms with van der Waals surface area (Å²) in [5.74, 6) is 1.02. The van der Waals surface area contributed by atoms with Crippen LogP contribution in [0.25, 0.3) is 0 Å². The Kier molecular flexibility index (Phi) is 3.99. The zero-order chi connectivity index (χ0) is 11.3. The second-order valence-electron chi connectivity index (χ2n) is 2.71. The maximum absolute atomic E-state index is 10.1. The van der Waals surface area contributed by atoms with Gasteiger partial charge in [-0.1, -0.05) is 0 Å². The molecule has 0 aromatic rings. The highest BCUT2D eigenvalue weighted by Gasteiger charge is 2.22. The SMILES string of the molecule is COC1=CC(=NN=O)C(OC)C=C1OC. The molecule has 0 aromatic heterocycles. The third kappa shape index (κ3) is 2.41. The molecule has 6 nitrogen and oxygen atoms in total. The summed E-state index contributed by atoms with van der Waals surface area (Å²) in [4.78, 5) is 10.1. The van der Waals surface area contributed by atoms with Crippen molar-refractivity contribution in [2.75, 3.05) is 21.3 Å². The monoisotopic (exact) mass is 212 g/mol. The molecule has 1 unspecified atom stereocenters. The van der Waals surface area contributed by atoms with Gasteiger partial charge in [-0.2, -0.15) is 0 Å². The molecular formula is C9H12N2O4. The maximum atomic E-state index is 10.1. The van der Waals surface area contributed by atoms with Crippen LogP contribution < -0.4 is 0 Å². The molecule has 0 amide bonds. The van der Waals surface area contributed by atoms with Gasteiger partial charge in [0.2, 0.25) is 0 Å². The molecule has 1 aliphatic carbocycles. The van der Waals surface area contributed by atoms with E-state index in [-0.39, 0.29) is 0 Å². The van der Waals surface area contributed by atoms with Gasteiger partial charge in [-0.25, -0.2) is 0 Å². The molecule has 0 saturated carbocycles. The third-order valence-corrected chi connectivity index (χ3v) is 1.97. The first kappa shape index (κ1) is 11.4. The van der Waals surface area contributed by atoms with E-state index in [9.17, 15) is 4.91 Å². The van der Waals surface area contributed by atoms with E-state index in [0.29, 0.717) is 17.2 Å². The predicted octanol–water partition coefficient (Wildman–Crippen LogP) is 1.20. The Hall–Kier alpha value is -1.69. The molecule has 0 N–H and O–H groups in total. The van der Waals surface area contributed by atoms with E-state index in [1.807, 2.05) is 0 Å². The highest BCUT2D eigenvalue weighted by molar-refractivity contribution is 6.01. The number of methoxy groups -OCH3 is 3. The minimum atomic E-state index is -0.448. The van der Waals surface area contributed by atoms with Crippen molar-refractivity contribution in [2.24, 2.45) is 10.4 Å². The minimum Gasteiger partial charge on any atom is -0.493 e. The number of rotatable bonds is 4. The van der Waals surface area contributed by atoms with Gasteiger partial charge in [-0.3, -0.25) is 0 Å². The van der Waals surface area contributed by atoms with Gasteiger partial charge in [0.05, 0.1) is 19.5 Å². The van der Waals surface area contributed by atoms with E-state index in [1.165, 1.54) is 21.3 Å². The molecule has 82 valence electrons. The lowest BCUT2D eigenvalue weighted by atomic mass is 10.1. The van der Waals surface area contributed by atoms with E-state index in [0.717, 1.165) is 0 Å². The fourth-order valence-electron chi connectivity index (χ4n) is 1.24. The molecular weight excluding hydrogens is 200 g/mol. The smallest absolute Gasteiger partial charge is 0.162 e. The van der Waals surface area contributed by atoms with Crippen molar-refractivity contribution in [1.82, 2.24) is 0 Å². The molecule has 1 aliphatic rings. The van der Waals surface area contributed by atoms with Gasteiger partial charge >= 0.3 is 0 Å². The summed E-state index contributed by atoms with van der Waals surface area (Å²) in [5, 5.41) is 5.87. The molecule has 0 spiro atoms. The first-order chi connectivity index (χ1) is 7.26. The Labute approximate surface area is 87.2 Å². The van der Waals surface area contributed by atoms with Crippen molar-refractivity contribution < 1.29 is 14.2 Å². The molecule has 0 heterocycles. The van der Waals surface area contributed by atoms with Crippen molar-refractivity contribution in [3.63, 3.8) is 0 Å². The number of ether oxygens (including phenoxy) is 3. The second-order valence-corrected chi connectivity index (χ2v) is 2.71. The van der Waals surface area contributed by atoms with Crippen LogP contribution in [0.3, 0.4) is 0 Å². The van der Waals surface area contributed by atoms with Crippen LogP contribution in [0.15, 0.2) is 34.1 Å². The molecule has 6 heteroatoms. The zero-order valence-corrected chi connectivity index (χ0v) is 8.76. The summed E-state index contributed by atoms with van der Waals surface area (Å²) in [6.07, 6.45) is 2.76. The molecule has 0 aliphatic heterocycles. The lowest BCUT2D eigenvalue weighted by Gasteiger charge is -2.19. The summed E-state index contributed by atoms with van der Waals surface area (Å²) >= 11 is 0. The molecule has 1 atom stereocenters. The van der Waals surface area contributed by atoms with Gasteiger partial charge in [0, 0.05) is 13.2 Å². The third-order valence-electron chi connectivity index (χ3n) is 1.97. The van der Waals surface area contributed by atoms with Gasteiger partial charge < -0.3 is 14.2 Å². The number of nitroso groups, excluding NO2 is 1. The van der Waals surface area contributed by atoms with Gasteiger partial charge in [0.1, 0.15) is 11.8 Å². The average Bonchev–Trinajstić information content (AvgIpc) is 2.28. The van der Waals surface area contributed by atoms with Crippen LogP contribution in [0.5, 0.6) is 0 Å². The number of hydrogen-bond donors (Lipinski definition) is 0. The second kappa shape index (κ2) is 5.26. The lowest BCUT2D eigenvalue weighted by Crippen LogP contribution is -2.24. The molecule has 0 fully saturated rings. The summed E-state index contributed by atoms with van der Waals surface area (Å²) < 4.78 is 15.2. The quantitative estimate of drug-likeness (QED) is 0.518. The maximum Gasteiger partial charge on any atom is 0.162 e. The molecule has 0 saturated heterocycles. The highest BCUT2D eigenvalue weighted by atomic mass is 16.5. The highest BCUT2D eigenvalue weighted by Crippen LogP contribution is 2.20.